The van der Waals surface area contributed by atoms with E-state index < -0.39 is 11.2 Å². The van der Waals surface area contributed by atoms with Gasteiger partial charge < -0.3 is 24.0 Å². The van der Waals surface area contributed by atoms with E-state index in [1.807, 2.05) is 17.7 Å². The van der Waals surface area contributed by atoms with Gasteiger partial charge in [-0.15, -0.1) is 0 Å². The minimum absolute atomic E-state index is 0.0740. The molecule has 0 bridgehead atoms. The average Bonchev–Trinajstić information content (AvgIpc) is 3.62. The number of furan rings is 1. The van der Waals surface area contributed by atoms with E-state index in [9.17, 15) is 14.7 Å². The molecule has 1 saturated carbocycles. The summed E-state index contributed by atoms with van der Waals surface area (Å²) in [6.07, 6.45) is 4.13. The maximum atomic E-state index is 13.4. The highest BCUT2D eigenvalue weighted by Crippen LogP contribution is 2.43. The van der Waals surface area contributed by atoms with Crippen LogP contribution in [0.1, 0.15) is 38.6 Å². The first-order chi connectivity index (χ1) is 17.9. The first-order valence-corrected chi connectivity index (χ1v) is 12.3. The third kappa shape index (κ3) is 3.61. The normalized spacial score (nSPS) is 14.2. The standard InChI is InChI=1S/C28H27N3O6/c1-14(2)13-36-19-11-8-15(12-20(19)35-3)21-22-27(31(30-28(22)34)16-6-4-5-7-16)29-23-17-9-10-18(32)24(33)25(17)37-26(21)23/h8-12,16,29,33H,1,4-7,13H2,2-3H3,(H,30,34). The highest BCUT2D eigenvalue weighted by atomic mass is 16.5. The van der Waals surface area contributed by atoms with Crippen LogP contribution in [0.25, 0.3) is 44.2 Å². The average molecular weight is 502 g/mol. The van der Waals surface area contributed by atoms with Crippen molar-refractivity contribution in [3.63, 3.8) is 0 Å². The molecule has 1 fully saturated rings. The zero-order chi connectivity index (χ0) is 25.8. The van der Waals surface area contributed by atoms with Crippen LogP contribution in [0.15, 0.2) is 56.5 Å². The van der Waals surface area contributed by atoms with Gasteiger partial charge in [-0.1, -0.05) is 25.5 Å². The number of phenols is 1. The smallest absolute Gasteiger partial charge is 0.274 e. The van der Waals surface area contributed by atoms with E-state index in [0.717, 1.165) is 31.3 Å². The highest BCUT2D eigenvalue weighted by Gasteiger charge is 2.27. The number of nitrogens with one attached hydrogen (secondary N) is 2. The fourth-order valence-electron chi connectivity index (χ4n) is 5.32. The van der Waals surface area contributed by atoms with Gasteiger partial charge in [0.2, 0.25) is 11.2 Å². The third-order valence-electron chi connectivity index (χ3n) is 7.06. The molecule has 190 valence electrons. The number of phenolic OH excluding ortho intramolecular Hbond substituents is 1. The molecule has 1 aliphatic carbocycles. The number of nitrogens with zero attached hydrogens (tertiary/aromatic N) is 1. The fraction of sp³-hybridized carbons (Fsp3) is 0.286. The van der Waals surface area contributed by atoms with E-state index in [4.69, 9.17) is 13.9 Å². The van der Waals surface area contributed by atoms with E-state index in [1.165, 1.54) is 6.07 Å². The number of H-pyrrole nitrogens is 2. The maximum Gasteiger partial charge on any atom is 0.274 e. The Labute approximate surface area is 210 Å². The minimum Gasteiger partial charge on any atom is -0.502 e. The molecule has 2 aromatic carbocycles. The minimum atomic E-state index is -0.536. The number of benzene rings is 2. The molecule has 0 atom stereocenters. The second-order valence-electron chi connectivity index (χ2n) is 9.68. The monoisotopic (exact) mass is 501 g/mol. The molecule has 0 unspecified atom stereocenters. The Kier molecular flexibility index (Phi) is 5.36. The number of aromatic hydroxyl groups is 1. The topological polar surface area (TPSA) is 122 Å². The van der Waals surface area contributed by atoms with Crippen molar-refractivity contribution < 1.29 is 19.0 Å². The Balaban J connectivity index is 1.69. The number of aromatic nitrogens is 3. The SMILES string of the molecule is C=C(C)COc1ccc(-c2c3oc4c(O)c(=O)ccc4c3[nH]c3c2c(=O)[nH]n3C2CCCC2)cc1OC. The van der Waals surface area contributed by atoms with Gasteiger partial charge in [0.15, 0.2) is 22.7 Å². The second-order valence-corrected chi connectivity index (χ2v) is 9.68. The number of aromatic amines is 2. The molecular formula is C28H27N3O6. The van der Waals surface area contributed by atoms with Crippen molar-refractivity contribution in [2.45, 2.75) is 38.6 Å². The Morgan fingerprint density at radius 3 is 2.68 bits per heavy atom. The number of hydrogen-bond acceptors (Lipinski definition) is 6. The predicted octanol–water partition coefficient (Wildman–Crippen LogP) is 5.37. The molecule has 9 nitrogen and oxygen atoms in total. The molecule has 3 N–H and O–H groups in total. The molecule has 0 saturated heterocycles. The van der Waals surface area contributed by atoms with Crippen LogP contribution in [0.4, 0.5) is 0 Å². The molecule has 37 heavy (non-hydrogen) atoms. The molecule has 5 aromatic rings. The Morgan fingerprint density at radius 1 is 1.16 bits per heavy atom. The van der Waals surface area contributed by atoms with Gasteiger partial charge in [-0.25, -0.2) is 0 Å². The number of hydrogen-bond donors (Lipinski definition) is 3. The second kappa shape index (κ2) is 8.62. The first-order valence-electron chi connectivity index (χ1n) is 12.3. The lowest BCUT2D eigenvalue weighted by Gasteiger charge is -2.14. The zero-order valence-corrected chi connectivity index (χ0v) is 20.6. The van der Waals surface area contributed by atoms with Gasteiger partial charge in [0, 0.05) is 10.9 Å². The van der Waals surface area contributed by atoms with Crippen molar-refractivity contribution in [1.29, 1.82) is 0 Å². The van der Waals surface area contributed by atoms with E-state index in [2.05, 4.69) is 16.7 Å². The molecule has 0 radical (unpaired) electrons. The fourth-order valence-corrected chi connectivity index (χ4v) is 5.32. The molecule has 0 amide bonds. The van der Waals surface area contributed by atoms with Crippen LogP contribution in [-0.4, -0.2) is 33.6 Å². The number of methoxy groups -OCH3 is 1. The van der Waals surface area contributed by atoms with Gasteiger partial charge in [-0.3, -0.25) is 19.4 Å². The van der Waals surface area contributed by atoms with Crippen LogP contribution in [0, 0.1) is 0 Å². The number of ether oxygens (including phenoxy) is 2. The van der Waals surface area contributed by atoms with Crippen LogP contribution in [0.5, 0.6) is 17.2 Å². The Hall–Kier alpha value is -4.40. The molecule has 3 aromatic heterocycles. The number of pyridine rings is 1. The highest BCUT2D eigenvalue weighted by molar-refractivity contribution is 6.15. The summed E-state index contributed by atoms with van der Waals surface area (Å²) >= 11 is 0. The molecule has 9 heteroatoms. The molecule has 6 rings (SSSR count). The third-order valence-corrected chi connectivity index (χ3v) is 7.06. The summed E-state index contributed by atoms with van der Waals surface area (Å²) in [6.45, 7) is 6.09. The van der Waals surface area contributed by atoms with Crippen molar-refractivity contribution in [3.8, 4) is 28.4 Å². The number of rotatable bonds is 6. The lowest BCUT2D eigenvalue weighted by Crippen LogP contribution is -2.10. The summed E-state index contributed by atoms with van der Waals surface area (Å²) in [5, 5.41) is 14.5. The van der Waals surface area contributed by atoms with E-state index in [-0.39, 0.29) is 17.2 Å². The quantitative estimate of drug-likeness (QED) is 0.269. The first kappa shape index (κ1) is 23.0. The van der Waals surface area contributed by atoms with Gasteiger partial charge in [-0.2, -0.15) is 0 Å². The van der Waals surface area contributed by atoms with Crippen LogP contribution in [0.3, 0.4) is 0 Å². The summed E-state index contributed by atoms with van der Waals surface area (Å²) < 4.78 is 19.5. The largest absolute Gasteiger partial charge is 0.502 e. The summed E-state index contributed by atoms with van der Waals surface area (Å²) in [5.74, 6) is 0.562. The van der Waals surface area contributed by atoms with Crippen molar-refractivity contribution in [2.75, 3.05) is 13.7 Å². The molecule has 0 spiro atoms. The molecule has 0 aliphatic heterocycles. The van der Waals surface area contributed by atoms with Gasteiger partial charge in [0.1, 0.15) is 12.3 Å². The van der Waals surface area contributed by atoms with Crippen LogP contribution in [0.2, 0.25) is 0 Å². The Bertz CT molecular complexity index is 1810. The predicted molar refractivity (Wildman–Crippen MR) is 142 cm³/mol. The van der Waals surface area contributed by atoms with Gasteiger partial charge in [-0.05, 0) is 55.2 Å². The summed E-state index contributed by atoms with van der Waals surface area (Å²) in [4.78, 5) is 29.0. The van der Waals surface area contributed by atoms with E-state index in [1.54, 1.807) is 25.3 Å². The lowest BCUT2D eigenvalue weighted by atomic mass is 10.0. The Morgan fingerprint density at radius 2 is 1.95 bits per heavy atom. The van der Waals surface area contributed by atoms with Crippen molar-refractivity contribution in [2.24, 2.45) is 0 Å². The number of fused-ring (bicyclic) bond motifs is 4. The summed E-state index contributed by atoms with van der Waals surface area (Å²) in [5.41, 5.74) is 2.92. The van der Waals surface area contributed by atoms with E-state index >= 15 is 0 Å². The summed E-state index contributed by atoms with van der Waals surface area (Å²) in [7, 11) is 1.55. The molecule has 1 aliphatic rings. The van der Waals surface area contributed by atoms with Crippen LogP contribution >= 0.6 is 0 Å². The van der Waals surface area contributed by atoms with Crippen molar-refractivity contribution >= 4 is 33.1 Å². The van der Waals surface area contributed by atoms with Crippen molar-refractivity contribution in [1.82, 2.24) is 14.8 Å². The van der Waals surface area contributed by atoms with Crippen LogP contribution < -0.4 is 20.5 Å². The molecular weight excluding hydrogens is 474 g/mol. The lowest BCUT2D eigenvalue weighted by molar-refractivity contribution is 0.320. The zero-order valence-electron chi connectivity index (χ0n) is 20.6. The van der Waals surface area contributed by atoms with Gasteiger partial charge in [0.25, 0.3) is 5.56 Å². The van der Waals surface area contributed by atoms with Crippen molar-refractivity contribution in [3.05, 3.63) is 63.1 Å². The maximum absolute atomic E-state index is 13.4. The van der Waals surface area contributed by atoms with Gasteiger partial charge in [0.05, 0.1) is 24.1 Å². The van der Waals surface area contributed by atoms with Gasteiger partial charge >= 0.3 is 0 Å². The van der Waals surface area contributed by atoms with E-state index in [0.29, 0.717) is 56.8 Å². The van der Waals surface area contributed by atoms with Crippen LogP contribution in [-0.2, 0) is 0 Å². The molecule has 3 heterocycles. The summed E-state index contributed by atoms with van der Waals surface area (Å²) in [6, 6.07) is 8.50.